The molecule has 0 saturated carbocycles. The molecule has 0 amide bonds. The lowest BCUT2D eigenvalue weighted by atomic mass is 9.99. The van der Waals surface area contributed by atoms with Crippen molar-refractivity contribution in [3.8, 4) is 0 Å². The van der Waals surface area contributed by atoms with Crippen molar-refractivity contribution in [1.29, 1.82) is 0 Å². The smallest absolute Gasteiger partial charge is 0.320 e. The van der Waals surface area contributed by atoms with Gasteiger partial charge in [0.05, 0.1) is 17.1 Å². The molecule has 1 heterocycles. The summed E-state index contributed by atoms with van der Waals surface area (Å²) in [5.41, 5.74) is 10.2. The van der Waals surface area contributed by atoms with Crippen LogP contribution in [0, 0.1) is 0 Å². The van der Waals surface area contributed by atoms with E-state index in [4.69, 9.17) is 5.73 Å². The number of aryl methyl sites for hydroxylation is 2. The third kappa shape index (κ3) is 2.32. The second-order valence-electron chi connectivity index (χ2n) is 5.18. The highest BCUT2D eigenvalue weighted by Gasteiger charge is 2.13. The number of imidazole rings is 1. The highest BCUT2D eigenvalue weighted by molar-refractivity contribution is 9.10. The van der Waals surface area contributed by atoms with Crippen molar-refractivity contribution in [1.82, 2.24) is 9.13 Å². The first-order valence-corrected chi connectivity index (χ1v) is 7.45. The molecule has 5 heteroatoms. The Morgan fingerprint density at radius 2 is 1.67 bits per heavy atom. The summed E-state index contributed by atoms with van der Waals surface area (Å²) in [7, 11) is 3.55. The Balaban J connectivity index is 2.13. The molecule has 108 valence electrons. The van der Waals surface area contributed by atoms with Gasteiger partial charge in [0.1, 0.15) is 0 Å². The molecule has 0 radical (unpaired) electrons. The first kappa shape index (κ1) is 14.1. The summed E-state index contributed by atoms with van der Waals surface area (Å²) in [6, 6.07) is 13.7. The zero-order valence-corrected chi connectivity index (χ0v) is 13.5. The monoisotopic (exact) mass is 345 g/mol. The van der Waals surface area contributed by atoms with Crippen LogP contribution >= 0.6 is 15.9 Å². The molecule has 0 spiro atoms. The highest BCUT2D eigenvalue weighted by Crippen LogP contribution is 2.25. The maximum atomic E-state index is 12.0. The first-order chi connectivity index (χ1) is 9.99. The Bertz CT molecular complexity index is 879. The van der Waals surface area contributed by atoms with Crippen LogP contribution in [0.15, 0.2) is 51.7 Å². The lowest BCUT2D eigenvalue weighted by Gasteiger charge is -2.13. The van der Waals surface area contributed by atoms with Crippen LogP contribution in [-0.2, 0) is 14.1 Å². The summed E-state index contributed by atoms with van der Waals surface area (Å²) >= 11 is 3.46. The normalized spacial score (nSPS) is 12.8. The third-order valence-electron chi connectivity index (χ3n) is 3.86. The predicted molar refractivity (Wildman–Crippen MR) is 88.3 cm³/mol. The standard InChI is InChI=1S/C16H16BrN3O/c1-19-13-7-6-11(9-14(13)20(2)16(19)21)15(18)10-4-3-5-12(17)8-10/h3-9,15H,18H2,1-2H3. The third-order valence-corrected chi connectivity index (χ3v) is 4.36. The summed E-state index contributed by atoms with van der Waals surface area (Å²) in [5, 5.41) is 0. The maximum Gasteiger partial charge on any atom is 0.328 e. The molecule has 1 atom stereocenters. The molecule has 1 aromatic heterocycles. The molecule has 0 aliphatic heterocycles. The molecule has 0 saturated heterocycles. The van der Waals surface area contributed by atoms with Gasteiger partial charge in [-0.15, -0.1) is 0 Å². The van der Waals surface area contributed by atoms with Crippen LogP contribution in [0.2, 0.25) is 0 Å². The van der Waals surface area contributed by atoms with Crippen molar-refractivity contribution in [2.45, 2.75) is 6.04 Å². The van der Waals surface area contributed by atoms with Gasteiger partial charge in [0.2, 0.25) is 0 Å². The van der Waals surface area contributed by atoms with Crippen molar-refractivity contribution in [3.63, 3.8) is 0 Å². The predicted octanol–water partition coefficient (Wildman–Crippen LogP) is 2.69. The van der Waals surface area contributed by atoms with Crippen LogP contribution in [-0.4, -0.2) is 9.13 Å². The van der Waals surface area contributed by atoms with E-state index in [0.717, 1.165) is 26.6 Å². The van der Waals surface area contributed by atoms with Gasteiger partial charge in [0.15, 0.2) is 0 Å². The molecule has 2 aromatic carbocycles. The van der Waals surface area contributed by atoms with Gasteiger partial charge in [-0.25, -0.2) is 4.79 Å². The van der Waals surface area contributed by atoms with Crippen LogP contribution in [0.25, 0.3) is 11.0 Å². The Kier molecular flexibility index (Phi) is 3.47. The van der Waals surface area contributed by atoms with Crippen LogP contribution < -0.4 is 11.4 Å². The minimum Gasteiger partial charge on any atom is -0.320 e. The van der Waals surface area contributed by atoms with E-state index in [1.807, 2.05) is 42.5 Å². The van der Waals surface area contributed by atoms with E-state index in [1.54, 1.807) is 23.2 Å². The lowest BCUT2D eigenvalue weighted by molar-refractivity contribution is 0.795. The Hall–Kier alpha value is -1.85. The van der Waals surface area contributed by atoms with E-state index >= 15 is 0 Å². The number of hydrogen-bond acceptors (Lipinski definition) is 2. The van der Waals surface area contributed by atoms with Crippen LogP contribution in [0.1, 0.15) is 17.2 Å². The van der Waals surface area contributed by atoms with Gasteiger partial charge >= 0.3 is 5.69 Å². The molecule has 1 unspecified atom stereocenters. The fourth-order valence-electron chi connectivity index (χ4n) is 2.61. The van der Waals surface area contributed by atoms with Gasteiger partial charge in [-0.05, 0) is 35.4 Å². The van der Waals surface area contributed by atoms with Crippen molar-refractivity contribution >= 4 is 27.0 Å². The fourth-order valence-corrected chi connectivity index (χ4v) is 3.03. The SMILES string of the molecule is Cn1c(=O)n(C)c2cc(C(N)c3cccc(Br)c3)ccc21. The average Bonchev–Trinajstić information content (AvgIpc) is 2.71. The molecule has 0 aliphatic carbocycles. The van der Waals surface area contributed by atoms with E-state index in [0.29, 0.717) is 0 Å². The Labute approximate surface area is 130 Å². The summed E-state index contributed by atoms with van der Waals surface area (Å²) in [5.74, 6) is 0. The molecule has 3 aromatic rings. The number of nitrogens with two attached hydrogens (primary N) is 1. The topological polar surface area (TPSA) is 53.0 Å². The van der Waals surface area contributed by atoms with E-state index in [-0.39, 0.29) is 11.7 Å². The van der Waals surface area contributed by atoms with Gasteiger partial charge in [-0.1, -0.05) is 34.1 Å². The van der Waals surface area contributed by atoms with Crippen molar-refractivity contribution < 1.29 is 0 Å². The second-order valence-corrected chi connectivity index (χ2v) is 6.10. The quantitative estimate of drug-likeness (QED) is 0.776. The number of hydrogen-bond donors (Lipinski definition) is 1. The number of aromatic nitrogens is 2. The van der Waals surface area contributed by atoms with Crippen molar-refractivity contribution in [3.05, 3.63) is 68.5 Å². The molecule has 0 aliphatic rings. The number of halogens is 1. The summed E-state index contributed by atoms with van der Waals surface area (Å²) in [6.07, 6.45) is 0. The van der Waals surface area contributed by atoms with E-state index in [2.05, 4.69) is 15.9 Å². The second kappa shape index (κ2) is 5.16. The molecule has 0 bridgehead atoms. The molecular weight excluding hydrogens is 330 g/mol. The summed E-state index contributed by atoms with van der Waals surface area (Å²) in [6.45, 7) is 0. The minimum atomic E-state index is -0.220. The largest absolute Gasteiger partial charge is 0.328 e. The van der Waals surface area contributed by atoms with Gasteiger partial charge < -0.3 is 5.73 Å². The van der Waals surface area contributed by atoms with Gasteiger partial charge in [-0.3, -0.25) is 9.13 Å². The maximum absolute atomic E-state index is 12.0. The van der Waals surface area contributed by atoms with Crippen LogP contribution in [0.3, 0.4) is 0 Å². The van der Waals surface area contributed by atoms with Gasteiger partial charge in [-0.2, -0.15) is 0 Å². The first-order valence-electron chi connectivity index (χ1n) is 6.65. The summed E-state index contributed by atoms with van der Waals surface area (Å²) in [4.78, 5) is 12.0. The Morgan fingerprint density at radius 1 is 1.00 bits per heavy atom. The fraction of sp³-hybridized carbons (Fsp3) is 0.188. The summed E-state index contributed by atoms with van der Waals surface area (Å²) < 4.78 is 4.29. The average molecular weight is 346 g/mol. The molecular formula is C16H16BrN3O. The van der Waals surface area contributed by atoms with Crippen molar-refractivity contribution in [2.24, 2.45) is 19.8 Å². The molecule has 3 rings (SSSR count). The molecule has 4 nitrogen and oxygen atoms in total. The zero-order valence-electron chi connectivity index (χ0n) is 11.9. The Morgan fingerprint density at radius 3 is 2.38 bits per heavy atom. The number of fused-ring (bicyclic) bond motifs is 1. The van der Waals surface area contributed by atoms with Gasteiger partial charge in [0.25, 0.3) is 0 Å². The minimum absolute atomic E-state index is 0.0295. The number of rotatable bonds is 2. The number of nitrogens with zero attached hydrogens (tertiary/aromatic N) is 2. The highest BCUT2D eigenvalue weighted by atomic mass is 79.9. The molecule has 2 N–H and O–H groups in total. The van der Waals surface area contributed by atoms with Crippen LogP contribution in [0.5, 0.6) is 0 Å². The molecule has 21 heavy (non-hydrogen) atoms. The molecule has 0 fully saturated rings. The van der Waals surface area contributed by atoms with E-state index < -0.39 is 0 Å². The van der Waals surface area contributed by atoms with Gasteiger partial charge in [0, 0.05) is 18.6 Å². The lowest BCUT2D eigenvalue weighted by Crippen LogP contribution is -2.19. The zero-order chi connectivity index (χ0) is 15.1. The number of benzene rings is 2. The van der Waals surface area contributed by atoms with Crippen molar-refractivity contribution in [2.75, 3.05) is 0 Å². The van der Waals surface area contributed by atoms with Crippen LogP contribution in [0.4, 0.5) is 0 Å². The van der Waals surface area contributed by atoms with E-state index in [9.17, 15) is 4.79 Å². The van der Waals surface area contributed by atoms with E-state index in [1.165, 1.54) is 0 Å².